The highest BCUT2D eigenvalue weighted by Crippen LogP contribution is 2.37. The van der Waals surface area contributed by atoms with Gasteiger partial charge in [-0.1, -0.05) is 6.92 Å². The van der Waals surface area contributed by atoms with Gasteiger partial charge in [-0.15, -0.1) is 0 Å². The normalized spacial score (nSPS) is 27.7. The maximum atomic E-state index is 10.9. The van der Waals surface area contributed by atoms with Crippen LogP contribution in [0.15, 0.2) is 0 Å². The van der Waals surface area contributed by atoms with Crippen molar-refractivity contribution >= 4 is 11.9 Å². The van der Waals surface area contributed by atoms with Crippen LogP contribution in [0.25, 0.3) is 0 Å². The van der Waals surface area contributed by atoms with Gasteiger partial charge in [0.1, 0.15) is 6.54 Å². The summed E-state index contributed by atoms with van der Waals surface area (Å²) in [5.74, 6) is -0.621. The van der Waals surface area contributed by atoms with E-state index in [1.54, 1.807) is 0 Å². The summed E-state index contributed by atoms with van der Waals surface area (Å²) in [5, 5.41) is 10.6. The Balaban J connectivity index is 2.17. The highest BCUT2D eigenvalue weighted by Gasteiger charge is 2.38. The molecule has 1 amide bonds. The van der Waals surface area contributed by atoms with Gasteiger partial charge in [0, 0.05) is 5.92 Å². The molecule has 1 fully saturated rings. The minimum atomic E-state index is -0.994. The Morgan fingerprint density at radius 3 is 2.55 bits per heavy atom. The van der Waals surface area contributed by atoms with E-state index in [0.717, 1.165) is 6.42 Å². The smallest absolute Gasteiger partial charge is 0.322 e. The number of hydrogen-bond acceptors (Lipinski definition) is 2. The molecule has 0 aromatic carbocycles. The van der Waals surface area contributed by atoms with E-state index >= 15 is 0 Å². The molecule has 2 unspecified atom stereocenters. The molecule has 0 aromatic heterocycles. The molecular weight excluding hydrogens is 146 g/mol. The first-order chi connectivity index (χ1) is 5.11. The Bertz CT molecular complexity index is 190. The van der Waals surface area contributed by atoms with Gasteiger partial charge in [-0.2, -0.15) is 0 Å². The first kappa shape index (κ1) is 8.04. The van der Waals surface area contributed by atoms with Crippen molar-refractivity contribution in [3.8, 4) is 0 Å². The molecule has 1 rings (SSSR count). The monoisotopic (exact) mass is 157 g/mol. The summed E-state index contributed by atoms with van der Waals surface area (Å²) in [6.45, 7) is 1.72. The summed E-state index contributed by atoms with van der Waals surface area (Å²) in [5.41, 5.74) is 0. The Kier molecular flexibility index (Phi) is 2.12. The number of nitrogens with one attached hydrogen (secondary N) is 1. The predicted octanol–water partition coefficient (Wildman–Crippen LogP) is -0.157. The van der Waals surface area contributed by atoms with Crippen molar-refractivity contribution in [3.63, 3.8) is 0 Å². The lowest BCUT2D eigenvalue weighted by Crippen LogP contribution is -2.30. The summed E-state index contributed by atoms with van der Waals surface area (Å²) in [6, 6.07) is 0. The quantitative estimate of drug-likeness (QED) is 0.598. The van der Waals surface area contributed by atoms with Crippen LogP contribution in [0.4, 0.5) is 0 Å². The summed E-state index contributed by atoms with van der Waals surface area (Å²) in [6.07, 6.45) is 0.894. The molecular formula is C7H11NO3. The lowest BCUT2D eigenvalue weighted by molar-refractivity contribution is -0.138. The minimum Gasteiger partial charge on any atom is -0.480 e. The molecule has 2 atom stereocenters. The van der Waals surface area contributed by atoms with Gasteiger partial charge >= 0.3 is 5.97 Å². The van der Waals surface area contributed by atoms with Crippen LogP contribution in [0.5, 0.6) is 0 Å². The number of rotatable bonds is 3. The fourth-order valence-corrected chi connectivity index (χ4v) is 0.981. The van der Waals surface area contributed by atoms with Crippen LogP contribution in [0.3, 0.4) is 0 Å². The third kappa shape index (κ3) is 2.22. The van der Waals surface area contributed by atoms with Gasteiger partial charge < -0.3 is 10.4 Å². The molecule has 0 aromatic rings. The molecule has 62 valence electrons. The van der Waals surface area contributed by atoms with Crippen molar-refractivity contribution in [1.82, 2.24) is 5.32 Å². The van der Waals surface area contributed by atoms with E-state index in [-0.39, 0.29) is 18.4 Å². The fourth-order valence-electron chi connectivity index (χ4n) is 0.981. The lowest BCUT2D eigenvalue weighted by Gasteiger charge is -1.98. The fraction of sp³-hybridized carbons (Fsp3) is 0.714. The van der Waals surface area contributed by atoms with E-state index in [9.17, 15) is 9.59 Å². The van der Waals surface area contributed by atoms with E-state index in [0.29, 0.717) is 5.92 Å². The van der Waals surface area contributed by atoms with Crippen LogP contribution >= 0.6 is 0 Å². The third-order valence-electron chi connectivity index (χ3n) is 1.86. The highest BCUT2D eigenvalue weighted by atomic mass is 16.4. The molecule has 0 spiro atoms. The van der Waals surface area contributed by atoms with Crippen molar-refractivity contribution in [2.75, 3.05) is 6.54 Å². The molecule has 4 heteroatoms. The van der Waals surface area contributed by atoms with E-state index in [4.69, 9.17) is 5.11 Å². The molecule has 11 heavy (non-hydrogen) atoms. The van der Waals surface area contributed by atoms with Crippen LogP contribution in [-0.2, 0) is 9.59 Å². The Hall–Kier alpha value is -1.06. The number of amides is 1. The van der Waals surface area contributed by atoms with Gasteiger partial charge in [-0.3, -0.25) is 9.59 Å². The third-order valence-corrected chi connectivity index (χ3v) is 1.86. The van der Waals surface area contributed by atoms with Crippen LogP contribution in [0.2, 0.25) is 0 Å². The van der Waals surface area contributed by atoms with Crippen LogP contribution in [-0.4, -0.2) is 23.5 Å². The van der Waals surface area contributed by atoms with Crippen LogP contribution in [0, 0.1) is 11.8 Å². The first-order valence-electron chi connectivity index (χ1n) is 3.60. The summed E-state index contributed by atoms with van der Waals surface area (Å²) >= 11 is 0. The van der Waals surface area contributed by atoms with E-state index in [1.807, 2.05) is 6.92 Å². The van der Waals surface area contributed by atoms with Gasteiger partial charge in [0.05, 0.1) is 0 Å². The van der Waals surface area contributed by atoms with Crippen LogP contribution in [0.1, 0.15) is 13.3 Å². The van der Waals surface area contributed by atoms with Crippen molar-refractivity contribution in [3.05, 3.63) is 0 Å². The van der Waals surface area contributed by atoms with Gasteiger partial charge in [0.15, 0.2) is 0 Å². The Morgan fingerprint density at radius 1 is 1.64 bits per heavy atom. The van der Waals surface area contributed by atoms with E-state index in [2.05, 4.69) is 5.32 Å². The predicted molar refractivity (Wildman–Crippen MR) is 37.9 cm³/mol. The summed E-state index contributed by atoms with van der Waals surface area (Å²) in [4.78, 5) is 21.0. The number of carbonyl (C=O) groups is 2. The molecule has 0 bridgehead atoms. The standard InChI is InChI=1S/C7H11NO3/c1-4-2-5(4)7(11)8-3-6(9)10/h4-5H,2-3H2,1H3,(H,8,11)(H,9,10). The largest absolute Gasteiger partial charge is 0.480 e. The van der Waals surface area contributed by atoms with Gasteiger partial charge in [-0.25, -0.2) is 0 Å². The average Bonchev–Trinajstić information content (AvgIpc) is 2.61. The highest BCUT2D eigenvalue weighted by molar-refractivity contribution is 5.84. The summed E-state index contributed by atoms with van der Waals surface area (Å²) < 4.78 is 0. The zero-order valence-corrected chi connectivity index (χ0v) is 6.33. The number of carbonyl (C=O) groups excluding carboxylic acids is 1. The van der Waals surface area contributed by atoms with Crippen molar-refractivity contribution < 1.29 is 14.7 Å². The SMILES string of the molecule is CC1CC1C(=O)NCC(=O)O. The molecule has 0 saturated heterocycles. The molecule has 1 aliphatic rings. The zero-order valence-electron chi connectivity index (χ0n) is 6.33. The lowest BCUT2D eigenvalue weighted by atomic mass is 10.3. The minimum absolute atomic E-state index is 0.0642. The van der Waals surface area contributed by atoms with Gasteiger partial charge in [0.25, 0.3) is 0 Å². The molecule has 0 aliphatic heterocycles. The topological polar surface area (TPSA) is 66.4 Å². The first-order valence-corrected chi connectivity index (χ1v) is 3.60. The maximum absolute atomic E-state index is 10.9. The number of hydrogen-bond donors (Lipinski definition) is 2. The van der Waals surface area contributed by atoms with Crippen LogP contribution < -0.4 is 5.32 Å². The molecule has 1 saturated carbocycles. The molecule has 2 N–H and O–H groups in total. The second-order valence-corrected chi connectivity index (χ2v) is 2.93. The Labute approximate surface area is 64.6 Å². The van der Waals surface area contributed by atoms with E-state index < -0.39 is 5.97 Å². The van der Waals surface area contributed by atoms with Crippen molar-refractivity contribution in [2.45, 2.75) is 13.3 Å². The Morgan fingerprint density at radius 2 is 2.18 bits per heavy atom. The maximum Gasteiger partial charge on any atom is 0.322 e. The molecule has 0 heterocycles. The van der Waals surface area contributed by atoms with E-state index in [1.165, 1.54) is 0 Å². The second kappa shape index (κ2) is 2.90. The average molecular weight is 157 g/mol. The zero-order chi connectivity index (χ0) is 8.43. The number of carboxylic acid groups (broad SMARTS) is 1. The molecule has 1 aliphatic carbocycles. The van der Waals surface area contributed by atoms with Gasteiger partial charge in [0.2, 0.25) is 5.91 Å². The number of aliphatic carboxylic acids is 1. The molecule has 4 nitrogen and oxygen atoms in total. The number of carboxylic acids is 1. The second-order valence-electron chi connectivity index (χ2n) is 2.93. The summed E-state index contributed by atoms with van der Waals surface area (Å²) in [7, 11) is 0. The van der Waals surface area contributed by atoms with Crippen molar-refractivity contribution in [1.29, 1.82) is 0 Å². The van der Waals surface area contributed by atoms with Gasteiger partial charge in [-0.05, 0) is 12.3 Å². The molecule has 0 radical (unpaired) electrons. The van der Waals surface area contributed by atoms with Crippen molar-refractivity contribution in [2.24, 2.45) is 11.8 Å².